The molecule has 4 aliphatic rings. The van der Waals surface area contributed by atoms with Crippen LogP contribution in [0.25, 0.3) is 0 Å². The number of nitrogens with two attached hydrogens (primary N) is 1. The second kappa shape index (κ2) is 7.82. The van der Waals surface area contributed by atoms with Crippen molar-refractivity contribution in [1.82, 2.24) is 14.7 Å². The zero-order chi connectivity index (χ0) is 22.7. The molecule has 7 nitrogen and oxygen atoms in total. The second-order valence-corrected chi connectivity index (χ2v) is 9.95. The predicted molar refractivity (Wildman–Crippen MR) is 116 cm³/mol. The molecule has 0 spiro atoms. The number of carbonyl (C=O) groups is 2. The van der Waals surface area contributed by atoms with Crippen LogP contribution < -0.4 is 5.73 Å². The van der Waals surface area contributed by atoms with Gasteiger partial charge in [0.1, 0.15) is 11.9 Å². The third-order valence-electron chi connectivity index (χ3n) is 8.15. The molecule has 0 aromatic heterocycles. The van der Waals surface area contributed by atoms with E-state index in [9.17, 15) is 19.2 Å². The molecule has 3 saturated heterocycles. The van der Waals surface area contributed by atoms with E-state index < -0.39 is 12.1 Å². The molecule has 32 heavy (non-hydrogen) atoms. The van der Waals surface area contributed by atoms with Crippen LogP contribution in [-0.4, -0.2) is 69.8 Å². The molecule has 1 aliphatic carbocycles. The fourth-order valence-electron chi connectivity index (χ4n) is 6.36. The van der Waals surface area contributed by atoms with Crippen molar-refractivity contribution < 1.29 is 14.0 Å². The van der Waals surface area contributed by atoms with Crippen LogP contribution in [0.4, 0.5) is 4.39 Å². The number of piperazine rings is 1. The highest BCUT2D eigenvalue weighted by atomic mass is 19.1. The van der Waals surface area contributed by atoms with E-state index in [1.54, 1.807) is 11.0 Å². The number of halogens is 1. The zero-order valence-electron chi connectivity index (χ0n) is 18.6. The van der Waals surface area contributed by atoms with Gasteiger partial charge in [0.05, 0.1) is 24.2 Å². The first-order valence-corrected chi connectivity index (χ1v) is 11.6. The summed E-state index contributed by atoms with van der Waals surface area (Å²) in [5.41, 5.74) is 8.37. The standard InChI is InChI=1S/C24H30FN5O2/c1-13-7-17(10-26)29(14(13)2)23(31)20(27)12-28-11-18-9-22(28)24(32)30(18)21-6-3-15-8-16(25)4-5-19(15)21/h4-5,8,13-14,17-18,20-22H,3,6-7,9,11-12,27H2,1-2H3/t13?,14?,17?,18-,20?,21?,22?/m0/s1. The van der Waals surface area contributed by atoms with Crippen molar-refractivity contribution in [1.29, 1.82) is 5.26 Å². The molecule has 2 amide bonds. The number of likely N-dealkylation sites (tertiary alicyclic amines) is 3. The monoisotopic (exact) mass is 439 g/mol. The Labute approximate surface area is 187 Å². The molecule has 3 aliphatic heterocycles. The summed E-state index contributed by atoms with van der Waals surface area (Å²) < 4.78 is 13.6. The molecule has 0 radical (unpaired) electrons. The molecular weight excluding hydrogens is 409 g/mol. The lowest BCUT2D eigenvalue weighted by molar-refractivity contribution is -0.141. The summed E-state index contributed by atoms with van der Waals surface area (Å²) in [6.07, 6.45) is 3.02. The van der Waals surface area contributed by atoms with Crippen molar-refractivity contribution in [3.8, 4) is 6.07 Å². The Morgan fingerprint density at radius 3 is 2.81 bits per heavy atom. The van der Waals surface area contributed by atoms with Gasteiger partial charge in [-0.25, -0.2) is 4.39 Å². The van der Waals surface area contributed by atoms with E-state index in [0.717, 1.165) is 30.4 Å². The number of fused-ring (bicyclic) bond motifs is 3. The molecule has 170 valence electrons. The predicted octanol–water partition coefficient (Wildman–Crippen LogP) is 1.57. The molecule has 0 saturated carbocycles. The summed E-state index contributed by atoms with van der Waals surface area (Å²) in [5.74, 6) is -0.0892. The Hall–Kier alpha value is -2.50. The largest absolute Gasteiger partial charge is 0.330 e. The summed E-state index contributed by atoms with van der Waals surface area (Å²) in [7, 11) is 0. The maximum Gasteiger partial charge on any atom is 0.242 e. The fourth-order valence-corrected chi connectivity index (χ4v) is 6.36. The summed E-state index contributed by atoms with van der Waals surface area (Å²) in [6.45, 7) is 5.03. The first kappa shape index (κ1) is 21.4. The smallest absolute Gasteiger partial charge is 0.242 e. The number of hydrogen-bond donors (Lipinski definition) is 1. The van der Waals surface area contributed by atoms with E-state index in [1.807, 2.05) is 22.8 Å². The van der Waals surface area contributed by atoms with E-state index in [4.69, 9.17) is 5.73 Å². The van der Waals surface area contributed by atoms with Crippen molar-refractivity contribution >= 4 is 11.8 Å². The summed E-state index contributed by atoms with van der Waals surface area (Å²) in [6, 6.07) is 5.75. The SMILES string of the molecule is CC1CC(C#N)N(C(=O)C(N)CN2C[C@@H]3CC2C(=O)N3C2CCc3cc(F)ccc32)C1C. The first-order chi connectivity index (χ1) is 15.3. The van der Waals surface area contributed by atoms with E-state index in [-0.39, 0.29) is 47.7 Å². The van der Waals surface area contributed by atoms with Crippen LogP contribution in [0.5, 0.6) is 0 Å². The van der Waals surface area contributed by atoms with Gasteiger partial charge in [-0.15, -0.1) is 0 Å². The quantitative estimate of drug-likeness (QED) is 0.769. The van der Waals surface area contributed by atoms with E-state index in [1.165, 1.54) is 6.07 Å². The lowest BCUT2D eigenvalue weighted by Gasteiger charge is -2.39. The first-order valence-electron chi connectivity index (χ1n) is 11.6. The van der Waals surface area contributed by atoms with Crippen LogP contribution in [0.3, 0.4) is 0 Å². The molecule has 2 bridgehead atoms. The maximum atomic E-state index is 13.6. The minimum Gasteiger partial charge on any atom is -0.330 e. The van der Waals surface area contributed by atoms with Crippen LogP contribution in [0.1, 0.15) is 50.3 Å². The average molecular weight is 440 g/mol. The lowest BCUT2D eigenvalue weighted by Crippen LogP contribution is -2.57. The van der Waals surface area contributed by atoms with Gasteiger partial charge >= 0.3 is 0 Å². The minimum absolute atomic E-state index is 0.00822. The molecule has 7 atom stereocenters. The molecule has 1 aromatic rings. The maximum absolute atomic E-state index is 13.6. The van der Waals surface area contributed by atoms with Crippen molar-refractivity contribution in [2.75, 3.05) is 13.1 Å². The van der Waals surface area contributed by atoms with Crippen LogP contribution >= 0.6 is 0 Å². The summed E-state index contributed by atoms with van der Waals surface area (Å²) >= 11 is 0. The summed E-state index contributed by atoms with van der Waals surface area (Å²) in [5, 5.41) is 9.46. The van der Waals surface area contributed by atoms with Gasteiger partial charge < -0.3 is 15.5 Å². The molecule has 6 unspecified atom stereocenters. The number of amides is 2. The highest BCUT2D eigenvalue weighted by molar-refractivity contribution is 5.87. The Kier molecular flexibility index (Phi) is 5.22. The van der Waals surface area contributed by atoms with Crippen LogP contribution in [0.15, 0.2) is 18.2 Å². The van der Waals surface area contributed by atoms with Crippen molar-refractivity contribution in [2.45, 2.75) is 75.8 Å². The molecule has 3 heterocycles. The van der Waals surface area contributed by atoms with Crippen molar-refractivity contribution in [3.63, 3.8) is 0 Å². The molecular formula is C24H30FN5O2. The third kappa shape index (κ3) is 3.22. The van der Waals surface area contributed by atoms with Gasteiger partial charge in [0.25, 0.3) is 0 Å². The normalized spacial score (nSPS) is 34.8. The fraction of sp³-hybridized carbons (Fsp3) is 0.625. The van der Waals surface area contributed by atoms with Gasteiger partial charge in [0.2, 0.25) is 11.8 Å². The van der Waals surface area contributed by atoms with Gasteiger partial charge in [-0.05, 0) is 61.8 Å². The molecule has 8 heteroatoms. The van der Waals surface area contributed by atoms with E-state index >= 15 is 0 Å². The molecule has 1 aromatic carbocycles. The highest BCUT2D eigenvalue weighted by Gasteiger charge is 2.53. The zero-order valence-corrected chi connectivity index (χ0v) is 18.6. The number of nitriles is 1. The van der Waals surface area contributed by atoms with Crippen LogP contribution in [-0.2, 0) is 16.0 Å². The minimum atomic E-state index is -0.755. The number of benzene rings is 1. The van der Waals surface area contributed by atoms with Crippen molar-refractivity contribution in [2.24, 2.45) is 11.7 Å². The molecule has 3 fully saturated rings. The second-order valence-electron chi connectivity index (χ2n) is 9.95. The lowest BCUT2D eigenvalue weighted by atomic mass is 10.0. The highest BCUT2D eigenvalue weighted by Crippen LogP contribution is 2.44. The number of nitrogens with zero attached hydrogens (tertiary/aromatic N) is 4. The Bertz CT molecular complexity index is 993. The molecule has 5 rings (SSSR count). The third-order valence-corrected chi connectivity index (χ3v) is 8.15. The van der Waals surface area contributed by atoms with Crippen LogP contribution in [0, 0.1) is 23.1 Å². The van der Waals surface area contributed by atoms with Gasteiger partial charge in [-0.1, -0.05) is 13.0 Å². The molecule has 2 N–H and O–H groups in total. The van der Waals surface area contributed by atoms with E-state index in [2.05, 4.69) is 13.0 Å². The van der Waals surface area contributed by atoms with Gasteiger partial charge in [0, 0.05) is 25.2 Å². The number of carbonyl (C=O) groups excluding carboxylic acids is 2. The number of hydrogen-bond acceptors (Lipinski definition) is 5. The van der Waals surface area contributed by atoms with Gasteiger partial charge in [0.15, 0.2) is 0 Å². The number of aryl methyl sites for hydroxylation is 1. The van der Waals surface area contributed by atoms with E-state index in [0.29, 0.717) is 19.5 Å². The summed E-state index contributed by atoms with van der Waals surface area (Å²) in [4.78, 5) is 32.0. The number of rotatable bonds is 4. The van der Waals surface area contributed by atoms with Crippen LogP contribution in [0.2, 0.25) is 0 Å². The van der Waals surface area contributed by atoms with Gasteiger partial charge in [-0.2, -0.15) is 5.26 Å². The van der Waals surface area contributed by atoms with Crippen molar-refractivity contribution in [3.05, 3.63) is 35.1 Å². The average Bonchev–Trinajstić information content (AvgIpc) is 3.50. The topological polar surface area (TPSA) is 93.7 Å². The Balaban J connectivity index is 1.25. The Morgan fingerprint density at radius 1 is 1.31 bits per heavy atom. The Morgan fingerprint density at radius 2 is 2.09 bits per heavy atom. The van der Waals surface area contributed by atoms with Gasteiger partial charge in [-0.3, -0.25) is 14.5 Å².